The lowest BCUT2D eigenvalue weighted by atomic mass is 10.1. The summed E-state index contributed by atoms with van der Waals surface area (Å²) in [6.45, 7) is 1.06. The van der Waals surface area contributed by atoms with Gasteiger partial charge in [-0.25, -0.2) is 4.39 Å². The van der Waals surface area contributed by atoms with E-state index in [0.717, 1.165) is 28.5 Å². The van der Waals surface area contributed by atoms with Gasteiger partial charge in [-0.3, -0.25) is 15.1 Å². The average Bonchev–Trinajstić information content (AvgIpc) is 3.06. The molecule has 7 nitrogen and oxygen atoms in total. The van der Waals surface area contributed by atoms with Gasteiger partial charge >= 0.3 is 0 Å². The summed E-state index contributed by atoms with van der Waals surface area (Å²) in [5.41, 5.74) is 2.73. The number of halogens is 2. The van der Waals surface area contributed by atoms with Crippen LogP contribution in [0.3, 0.4) is 0 Å². The molecular formula is C19H21FIN5O2. The SMILES string of the molecule is CN=C(NCCc1c[nH]c2cc(F)ccc12)NCc1cccc([N+](=O)[O-])c1.I. The maximum Gasteiger partial charge on any atom is 0.269 e. The third-order valence-electron chi connectivity index (χ3n) is 4.22. The van der Waals surface area contributed by atoms with E-state index in [0.29, 0.717) is 19.0 Å². The molecule has 2 aromatic carbocycles. The Kier molecular flexibility index (Phi) is 7.73. The number of benzene rings is 2. The topological polar surface area (TPSA) is 95.3 Å². The van der Waals surface area contributed by atoms with Gasteiger partial charge in [-0.15, -0.1) is 24.0 Å². The molecule has 28 heavy (non-hydrogen) atoms. The van der Waals surface area contributed by atoms with Crippen molar-refractivity contribution in [1.29, 1.82) is 0 Å². The Morgan fingerprint density at radius 1 is 1.25 bits per heavy atom. The standard InChI is InChI=1S/C19H20FN5O2.HI/c1-21-19(24-11-13-3-2-4-16(9-13)25(26)27)22-8-7-14-12-23-18-10-15(20)5-6-17(14)18;/h2-6,9-10,12,23H,7-8,11H2,1H3,(H2,21,22,24);1H. The molecule has 0 saturated heterocycles. The molecule has 0 spiro atoms. The zero-order chi connectivity index (χ0) is 19.2. The van der Waals surface area contributed by atoms with E-state index in [1.54, 1.807) is 19.2 Å². The van der Waals surface area contributed by atoms with Gasteiger partial charge in [-0.1, -0.05) is 12.1 Å². The van der Waals surface area contributed by atoms with Crippen molar-refractivity contribution in [2.45, 2.75) is 13.0 Å². The first-order chi connectivity index (χ1) is 13.1. The summed E-state index contributed by atoms with van der Waals surface area (Å²) in [6, 6.07) is 11.2. The first kappa shape index (κ1) is 21.6. The number of aromatic amines is 1. The van der Waals surface area contributed by atoms with E-state index in [4.69, 9.17) is 0 Å². The van der Waals surface area contributed by atoms with Crippen LogP contribution in [0, 0.1) is 15.9 Å². The van der Waals surface area contributed by atoms with Crippen molar-refractivity contribution in [2.75, 3.05) is 13.6 Å². The van der Waals surface area contributed by atoms with Gasteiger partial charge in [-0.2, -0.15) is 0 Å². The van der Waals surface area contributed by atoms with Gasteiger partial charge in [0.15, 0.2) is 5.96 Å². The molecule has 0 aliphatic heterocycles. The lowest BCUT2D eigenvalue weighted by Crippen LogP contribution is -2.37. The number of nitro benzene ring substituents is 1. The molecule has 9 heteroatoms. The zero-order valence-corrected chi connectivity index (χ0v) is 17.6. The average molecular weight is 497 g/mol. The van der Waals surface area contributed by atoms with Gasteiger partial charge in [0.25, 0.3) is 5.69 Å². The smallest absolute Gasteiger partial charge is 0.269 e. The highest BCUT2D eigenvalue weighted by Crippen LogP contribution is 2.19. The molecule has 1 aromatic heterocycles. The van der Waals surface area contributed by atoms with Crippen LogP contribution in [0.1, 0.15) is 11.1 Å². The second kappa shape index (κ2) is 10.0. The van der Waals surface area contributed by atoms with Gasteiger partial charge in [0.1, 0.15) is 5.82 Å². The predicted molar refractivity (Wildman–Crippen MR) is 119 cm³/mol. The van der Waals surface area contributed by atoms with Crippen molar-refractivity contribution in [3.8, 4) is 0 Å². The van der Waals surface area contributed by atoms with Crippen LogP contribution in [0.5, 0.6) is 0 Å². The molecule has 0 unspecified atom stereocenters. The summed E-state index contributed by atoms with van der Waals surface area (Å²) in [5, 5.41) is 18.2. The number of nitro groups is 1. The molecule has 3 aromatic rings. The molecule has 3 N–H and O–H groups in total. The van der Waals surface area contributed by atoms with Gasteiger partial charge in [0, 0.05) is 49.4 Å². The van der Waals surface area contributed by atoms with Gasteiger partial charge in [0.2, 0.25) is 0 Å². The fourth-order valence-electron chi connectivity index (χ4n) is 2.87. The third-order valence-corrected chi connectivity index (χ3v) is 4.22. The number of hydrogen-bond acceptors (Lipinski definition) is 3. The quantitative estimate of drug-likeness (QED) is 0.159. The number of H-pyrrole nitrogens is 1. The van der Waals surface area contributed by atoms with Crippen LogP contribution in [0.2, 0.25) is 0 Å². The summed E-state index contributed by atoms with van der Waals surface area (Å²) in [6.07, 6.45) is 2.62. The summed E-state index contributed by atoms with van der Waals surface area (Å²) >= 11 is 0. The highest BCUT2D eigenvalue weighted by Gasteiger charge is 2.07. The molecule has 3 rings (SSSR count). The van der Waals surface area contributed by atoms with Gasteiger partial charge in [0.05, 0.1) is 4.92 Å². The first-order valence-electron chi connectivity index (χ1n) is 8.50. The van der Waals surface area contributed by atoms with E-state index in [1.165, 1.54) is 24.3 Å². The van der Waals surface area contributed by atoms with Gasteiger partial charge in [-0.05, 0) is 35.7 Å². The zero-order valence-electron chi connectivity index (χ0n) is 15.2. The van der Waals surface area contributed by atoms with Crippen LogP contribution in [-0.2, 0) is 13.0 Å². The van der Waals surface area contributed by atoms with Crippen LogP contribution in [0.25, 0.3) is 10.9 Å². The second-order valence-electron chi connectivity index (χ2n) is 6.03. The molecule has 148 valence electrons. The van der Waals surface area contributed by atoms with Crippen molar-refractivity contribution < 1.29 is 9.31 Å². The lowest BCUT2D eigenvalue weighted by molar-refractivity contribution is -0.384. The maximum atomic E-state index is 13.2. The number of aromatic nitrogens is 1. The lowest BCUT2D eigenvalue weighted by Gasteiger charge is -2.11. The molecule has 0 aliphatic carbocycles. The second-order valence-corrected chi connectivity index (χ2v) is 6.03. The Bertz CT molecular complexity index is 989. The van der Waals surface area contributed by atoms with Crippen LogP contribution in [-0.4, -0.2) is 29.5 Å². The van der Waals surface area contributed by atoms with E-state index in [-0.39, 0.29) is 35.5 Å². The Morgan fingerprint density at radius 3 is 2.82 bits per heavy atom. The van der Waals surface area contributed by atoms with Crippen molar-refractivity contribution in [3.05, 3.63) is 75.7 Å². The highest BCUT2D eigenvalue weighted by atomic mass is 127. The molecular weight excluding hydrogens is 476 g/mol. The Balaban J connectivity index is 0.00000280. The number of rotatable bonds is 6. The number of nitrogens with zero attached hydrogens (tertiary/aromatic N) is 2. The molecule has 0 bridgehead atoms. The first-order valence-corrected chi connectivity index (χ1v) is 8.50. The van der Waals surface area contributed by atoms with E-state index in [2.05, 4.69) is 20.6 Å². The normalized spacial score (nSPS) is 11.1. The molecule has 0 fully saturated rings. The Labute approximate surface area is 178 Å². The number of fused-ring (bicyclic) bond motifs is 1. The summed E-state index contributed by atoms with van der Waals surface area (Å²) < 4.78 is 13.2. The Morgan fingerprint density at radius 2 is 2.07 bits per heavy atom. The number of guanidine groups is 1. The minimum atomic E-state index is -0.413. The molecule has 0 aliphatic rings. The molecule has 0 radical (unpaired) electrons. The molecule has 1 heterocycles. The fourth-order valence-corrected chi connectivity index (χ4v) is 2.87. The van der Waals surface area contributed by atoms with E-state index >= 15 is 0 Å². The predicted octanol–water partition coefficient (Wildman–Crippen LogP) is 3.74. The molecule has 0 saturated carbocycles. The fraction of sp³-hybridized carbons (Fsp3) is 0.211. The maximum absolute atomic E-state index is 13.2. The van der Waals surface area contributed by atoms with E-state index in [1.807, 2.05) is 12.3 Å². The summed E-state index contributed by atoms with van der Waals surface area (Å²) in [7, 11) is 1.66. The molecule has 0 atom stereocenters. The number of hydrogen-bond donors (Lipinski definition) is 3. The summed E-state index contributed by atoms with van der Waals surface area (Å²) in [5.74, 6) is 0.340. The molecule has 0 amide bonds. The van der Waals surface area contributed by atoms with Gasteiger partial charge < -0.3 is 15.6 Å². The van der Waals surface area contributed by atoms with Crippen molar-refractivity contribution in [3.63, 3.8) is 0 Å². The monoisotopic (exact) mass is 497 g/mol. The van der Waals surface area contributed by atoms with Crippen LogP contribution in [0.4, 0.5) is 10.1 Å². The Hall–Kier alpha value is -2.69. The van der Waals surface area contributed by atoms with E-state index in [9.17, 15) is 14.5 Å². The van der Waals surface area contributed by atoms with E-state index < -0.39 is 4.92 Å². The summed E-state index contributed by atoms with van der Waals surface area (Å²) in [4.78, 5) is 17.7. The number of nitrogens with one attached hydrogen (secondary N) is 3. The van der Waals surface area contributed by atoms with Crippen LogP contribution in [0.15, 0.2) is 53.7 Å². The number of aliphatic imine (C=N–C) groups is 1. The highest BCUT2D eigenvalue weighted by molar-refractivity contribution is 14.0. The largest absolute Gasteiger partial charge is 0.361 e. The third kappa shape index (κ3) is 5.41. The minimum Gasteiger partial charge on any atom is -0.361 e. The van der Waals surface area contributed by atoms with Crippen molar-refractivity contribution in [1.82, 2.24) is 15.6 Å². The number of non-ortho nitro benzene ring substituents is 1. The van der Waals surface area contributed by atoms with Crippen LogP contribution < -0.4 is 10.6 Å². The minimum absolute atomic E-state index is 0. The van der Waals surface area contributed by atoms with Crippen molar-refractivity contribution >= 4 is 46.5 Å². The van der Waals surface area contributed by atoms with Crippen molar-refractivity contribution in [2.24, 2.45) is 4.99 Å². The van der Waals surface area contributed by atoms with Crippen LogP contribution >= 0.6 is 24.0 Å².